The van der Waals surface area contributed by atoms with E-state index in [9.17, 15) is 4.79 Å². The summed E-state index contributed by atoms with van der Waals surface area (Å²) in [6.45, 7) is 4.44. The summed E-state index contributed by atoms with van der Waals surface area (Å²) >= 11 is 3.45. The van der Waals surface area contributed by atoms with Gasteiger partial charge in [-0.2, -0.15) is 0 Å². The zero-order valence-corrected chi connectivity index (χ0v) is 14.0. The van der Waals surface area contributed by atoms with Gasteiger partial charge in [0, 0.05) is 22.9 Å². The maximum absolute atomic E-state index is 13.0. The predicted octanol–water partition coefficient (Wildman–Crippen LogP) is 4.07. The van der Waals surface area contributed by atoms with Gasteiger partial charge in [0.15, 0.2) is 0 Å². The van der Waals surface area contributed by atoms with Gasteiger partial charge in [-0.15, -0.1) is 0 Å². The van der Waals surface area contributed by atoms with Crippen LogP contribution in [0, 0.1) is 6.92 Å². The molecule has 0 fully saturated rings. The van der Waals surface area contributed by atoms with E-state index in [1.807, 2.05) is 66.9 Å². The van der Waals surface area contributed by atoms with Crippen LogP contribution in [0.1, 0.15) is 23.1 Å². The van der Waals surface area contributed by atoms with Crippen LogP contribution in [0.25, 0.3) is 5.65 Å². The lowest BCUT2D eigenvalue weighted by Crippen LogP contribution is -2.32. The van der Waals surface area contributed by atoms with E-state index in [0.29, 0.717) is 12.2 Å². The number of amides is 1. The SMILES string of the molecule is CCN(C(=O)c1c(C)nc2ccc(Br)cn12)c1ccccc1. The molecule has 3 rings (SSSR count). The summed E-state index contributed by atoms with van der Waals surface area (Å²) in [6, 6.07) is 13.5. The molecule has 0 spiro atoms. The largest absolute Gasteiger partial charge is 0.307 e. The van der Waals surface area contributed by atoms with E-state index in [4.69, 9.17) is 0 Å². The Kier molecular flexibility index (Phi) is 3.98. The van der Waals surface area contributed by atoms with Gasteiger partial charge in [0.1, 0.15) is 11.3 Å². The highest BCUT2D eigenvalue weighted by Crippen LogP contribution is 2.21. The molecule has 2 aromatic heterocycles. The van der Waals surface area contributed by atoms with Crippen LogP contribution in [0.3, 0.4) is 0 Å². The maximum Gasteiger partial charge on any atom is 0.277 e. The molecule has 0 atom stereocenters. The number of carbonyl (C=O) groups is 1. The maximum atomic E-state index is 13.0. The summed E-state index contributed by atoms with van der Waals surface area (Å²) in [5.41, 5.74) is 2.99. The monoisotopic (exact) mass is 357 g/mol. The summed E-state index contributed by atoms with van der Waals surface area (Å²) in [6.07, 6.45) is 1.88. The molecular weight excluding hydrogens is 342 g/mol. The topological polar surface area (TPSA) is 37.6 Å². The van der Waals surface area contributed by atoms with Crippen molar-refractivity contribution in [3.8, 4) is 0 Å². The van der Waals surface area contributed by atoms with Crippen LogP contribution in [-0.2, 0) is 0 Å². The number of carbonyl (C=O) groups excluding carboxylic acids is 1. The first-order valence-electron chi connectivity index (χ1n) is 7.13. The number of aryl methyl sites for hydroxylation is 1. The number of imidazole rings is 1. The highest BCUT2D eigenvalue weighted by atomic mass is 79.9. The Bertz CT molecular complexity index is 827. The molecule has 0 saturated carbocycles. The summed E-state index contributed by atoms with van der Waals surface area (Å²) in [4.78, 5) is 19.3. The lowest BCUT2D eigenvalue weighted by Gasteiger charge is -2.21. The highest BCUT2D eigenvalue weighted by Gasteiger charge is 2.22. The molecule has 3 aromatic rings. The summed E-state index contributed by atoms with van der Waals surface area (Å²) < 4.78 is 2.75. The van der Waals surface area contributed by atoms with Crippen molar-refractivity contribution in [1.82, 2.24) is 9.38 Å². The molecule has 0 aliphatic heterocycles. The number of anilines is 1. The number of aromatic nitrogens is 2. The molecule has 0 unspecified atom stereocenters. The lowest BCUT2D eigenvalue weighted by molar-refractivity contribution is 0.0982. The molecule has 1 aromatic carbocycles. The van der Waals surface area contributed by atoms with Gasteiger partial charge < -0.3 is 4.90 Å². The van der Waals surface area contributed by atoms with Crippen molar-refractivity contribution < 1.29 is 4.79 Å². The fraction of sp³-hybridized carbons (Fsp3) is 0.176. The molecule has 0 aliphatic carbocycles. The third-order valence-corrected chi connectivity index (χ3v) is 4.06. The minimum atomic E-state index is -0.0446. The minimum Gasteiger partial charge on any atom is -0.307 e. The average Bonchev–Trinajstić information content (AvgIpc) is 2.84. The van der Waals surface area contributed by atoms with Crippen LogP contribution in [-0.4, -0.2) is 21.8 Å². The van der Waals surface area contributed by atoms with Gasteiger partial charge in [-0.3, -0.25) is 9.20 Å². The van der Waals surface area contributed by atoms with Crippen LogP contribution >= 0.6 is 15.9 Å². The minimum absolute atomic E-state index is 0.0446. The van der Waals surface area contributed by atoms with E-state index in [-0.39, 0.29) is 5.91 Å². The number of fused-ring (bicyclic) bond motifs is 1. The van der Waals surface area contributed by atoms with Gasteiger partial charge in [0.25, 0.3) is 5.91 Å². The first-order valence-corrected chi connectivity index (χ1v) is 7.92. The third-order valence-electron chi connectivity index (χ3n) is 3.59. The highest BCUT2D eigenvalue weighted by molar-refractivity contribution is 9.10. The molecule has 112 valence electrons. The summed E-state index contributed by atoms with van der Waals surface area (Å²) in [5, 5.41) is 0. The molecule has 5 heteroatoms. The Morgan fingerprint density at radius 1 is 1.23 bits per heavy atom. The Balaban J connectivity index is 2.12. The van der Waals surface area contributed by atoms with Crippen LogP contribution in [0.15, 0.2) is 53.1 Å². The Morgan fingerprint density at radius 3 is 2.64 bits per heavy atom. The molecule has 0 saturated heterocycles. The molecule has 0 N–H and O–H groups in total. The summed E-state index contributed by atoms with van der Waals surface area (Å²) in [5.74, 6) is -0.0446. The molecule has 1 amide bonds. The number of hydrogen-bond donors (Lipinski definition) is 0. The average molecular weight is 358 g/mol. The van der Waals surface area contributed by atoms with E-state index in [0.717, 1.165) is 21.5 Å². The number of rotatable bonds is 3. The standard InChI is InChI=1S/C17H16BrN3O/c1-3-20(14-7-5-4-6-8-14)17(22)16-12(2)19-15-10-9-13(18)11-21(15)16/h4-11H,3H2,1-2H3. The number of halogens is 1. The van der Waals surface area contributed by atoms with Gasteiger partial charge in [-0.05, 0) is 54.0 Å². The van der Waals surface area contributed by atoms with E-state index >= 15 is 0 Å². The quantitative estimate of drug-likeness (QED) is 0.708. The van der Waals surface area contributed by atoms with E-state index < -0.39 is 0 Å². The van der Waals surface area contributed by atoms with E-state index in [1.54, 1.807) is 4.90 Å². The zero-order valence-electron chi connectivity index (χ0n) is 12.5. The van der Waals surface area contributed by atoms with Gasteiger partial charge in [0.2, 0.25) is 0 Å². The van der Waals surface area contributed by atoms with Crippen LogP contribution < -0.4 is 4.90 Å². The van der Waals surface area contributed by atoms with Gasteiger partial charge in [-0.1, -0.05) is 18.2 Å². The fourth-order valence-electron chi connectivity index (χ4n) is 2.57. The van der Waals surface area contributed by atoms with Crippen molar-refractivity contribution in [2.24, 2.45) is 0 Å². The van der Waals surface area contributed by atoms with Crippen molar-refractivity contribution in [2.45, 2.75) is 13.8 Å². The van der Waals surface area contributed by atoms with Crippen molar-refractivity contribution in [3.05, 3.63) is 64.5 Å². The Labute approximate surface area is 137 Å². The molecule has 0 aliphatic rings. The second-order valence-corrected chi connectivity index (χ2v) is 5.92. The normalized spacial score (nSPS) is 10.9. The molecular formula is C17H16BrN3O. The number of pyridine rings is 1. The third kappa shape index (κ3) is 2.52. The number of benzene rings is 1. The van der Waals surface area contributed by atoms with Crippen LogP contribution in [0.2, 0.25) is 0 Å². The number of hydrogen-bond acceptors (Lipinski definition) is 2. The van der Waals surface area contributed by atoms with E-state index in [2.05, 4.69) is 20.9 Å². The fourth-order valence-corrected chi connectivity index (χ4v) is 2.91. The number of para-hydroxylation sites is 1. The molecule has 2 heterocycles. The summed E-state index contributed by atoms with van der Waals surface area (Å²) in [7, 11) is 0. The second-order valence-electron chi connectivity index (χ2n) is 5.01. The lowest BCUT2D eigenvalue weighted by atomic mass is 10.2. The molecule has 0 radical (unpaired) electrons. The first-order chi connectivity index (χ1) is 10.6. The molecule has 22 heavy (non-hydrogen) atoms. The van der Waals surface area contributed by atoms with Crippen molar-refractivity contribution in [2.75, 3.05) is 11.4 Å². The van der Waals surface area contributed by atoms with Crippen LogP contribution in [0.5, 0.6) is 0 Å². The zero-order chi connectivity index (χ0) is 15.7. The number of nitrogens with zero attached hydrogens (tertiary/aromatic N) is 3. The smallest absolute Gasteiger partial charge is 0.277 e. The molecule has 4 nitrogen and oxygen atoms in total. The van der Waals surface area contributed by atoms with Gasteiger partial charge in [0.05, 0.1) is 5.69 Å². The Hall–Kier alpha value is -2.14. The van der Waals surface area contributed by atoms with Crippen LogP contribution in [0.4, 0.5) is 5.69 Å². The van der Waals surface area contributed by atoms with Gasteiger partial charge >= 0.3 is 0 Å². The van der Waals surface area contributed by atoms with Crippen molar-refractivity contribution in [3.63, 3.8) is 0 Å². The van der Waals surface area contributed by atoms with Gasteiger partial charge in [-0.25, -0.2) is 4.98 Å². The van der Waals surface area contributed by atoms with Crippen molar-refractivity contribution >= 4 is 33.2 Å². The first kappa shape index (κ1) is 14.8. The Morgan fingerprint density at radius 2 is 1.95 bits per heavy atom. The molecule has 0 bridgehead atoms. The van der Waals surface area contributed by atoms with E-state index in [1.165, 1.54) is 0 Å². The second kappa shape index (κ2) is 5.93. The van der Waals surface area contributed by atoms with Crippen molar-refractivity contribution in [1.29, 1.82) is 0 Å². The predicted molar refractivity (Wildman–Crippen MR) is 91.4 cm³/mol.